The summed E-state index contributed by atoms with van der Waals surface area (Å²) in [6, 6.07) is 8.83. The highest BCUT2D eigenvalue weighted by Crippen LogP contribution is 2.23. The number of esters is 1. The van der Waals surface area contributed by atoms with Crippen LogP contribution < -0.4 is 10.6 Å². The Bertz CT molecular complexity index is 900. The second-order valence-electron chi connectivity index (χ2n) is 5.59. The van der Waals surface area contributed by atoms with Gasteiger partial charge in [-0.15, -0.1) is 0 Å². The highest BCUT2D eigenvalue weighted by molar-refractivity contribution is 6.37. The topological polar surface area (TPSA) is 84.5 Å². The molecule has 148 valence electrons. The van der Waals surface area contributed by atoms with E-state index in [-0.39, 0.29) is 10.6 Å². The lowest BCUT2D eigenvalue weighted by Gasteiger charge is -2.14. The molecule has 2 N–H and O–H groups in total. The summed E-state index contributed by atoms with van der Waals surface area (Å²) in [7, 11) is 0. The molecule has 10 heteroatoms. The van der Waals surface area contributed by atoms with Gasteiger partial charge in [0.25, 0.3) is 11.8 Å². The zero-order valence-electron chi connectivity index (χ0n) is 14.4. The summed E-state index contributed by atoms with van der Waals surface area (Å²) >= 11 is 23.4. The maximum atomic E-state index is 12.1. The van der Waals surface area contributed by atoms with Crippen molar-refractivity contribution in [2.24, 2.45) is 0 Å². The molecule has 0 aliphatic carbocycles. The first-order valence-electron chi connectivity index (χ1n) is 7.85. The third kappa shape index (κ3) is 6.56. The molecule has 2 aromatic carbocycles. The molecule has 1 atom stereocenters. The maximum Gasteiger partial charge on any atom is 0.326 e. The van der Waals surface area contributed by atoms with Crippen LogP contribution in [-0.4, -0.2) is 30.4 Å². The first-order valence-corrected chi connectivity index (χ1v) is 9.36. The van der Waals surface area contributed by atoms with Crippen molar-refractivity contribution in [1.29, 1.82) is 0 Å². The standard InChI is InChI=1S/C18H14Cl4N2O4/c1-9(17(26)24-13-5-11(20)4-12(21)6-13)28-16(25)8-23-18(27)14-3-2-10(19)7-15(14)22/h2-7,9H,8H2,1H3,(H,23,27)(H,24,26)/t9-/m0/s1. The zero-order chi connectivity index (χ0) is 20.8. The summed E-state index contributed by atoms with van der Waals surface area (Å²) in [6.07, 6.45) is -1.11. The molecular weight excluding hydrogens is 450 g/mol. The number of nitrogens with one attached hydrogen (secondary N) is 2. The van der Waals surface area contributed by atoms with Crippen molar-refractivity contribution < 1.29 is 19.1 Å². The molecule has 0 saturated heterocycles. The van der Waals surface area contributed by atoms with Crippen LogP contribution in [0.1, 0.15) is 17.3 Å². The van der Waals surface area contributed by atoms with Crippen LogP contribution in [0.5, 0.6) is 0 Å². The third-order valence-corrected chi connectivity index (χ3v) is 4.36. The van der Waals surface area contributed by atoms with Gasteiger partial charge in [-0.2, -0.15) is 0 Å². The highest BCUT2D eigenvalue weighted by Gasteiger charge is 2.19. The van der Waals surface area contributed by atoms with Crippen LogP contribution in [-0.2, 0) is 14.3 Å². The molecule has 0 fully saturated rings. The molecule has 0 aliphatic heterocycles. The average molecular weight is 464 g/mol. The lowest BCUT2D eigenvalue weighted by molar-refractivity contribution is -0.152. The lowest BCUT2D eigenvalue weighted by atomic mass is 10.2. The molecule has 0 aliphatic rings. The van der Waals surface area contributed by atoms with Gasteiger partial charge in [-0.05, 0) is 43.3 Å². The van der Waals surface area contributed by atoms with Gasteiger partial charge in [-0.3, -0.25) is 14.4 Å². The predicted molar refractivity (Wildman–Crippen MR) is 109 cm³/mol. The fraction of sp³-hybridized carbons (Fsp3) is 0.167. The van der Waals surface area contributed by atoms with Gasteiger partial charge in [0.05, 0.1) is 10.6 Å². The van der Waals surface area contributed by atoms with Gasteiger partial charge < -0.3 is 15.4 Å². The maximum absolute atomic E-state index is 12.1. The van der Waals surface area contributed by atoms with Crippen molar-refractivity contribution in [2.45, 2.75) is 13.0 Å². The summed E-state index contributed by atoms with van der Waals surface area (Å²) in [4.78, 5) is 36.1. The molecule has 0 spiro atoms. The molecule has 0 aromatic heterocycles. The van der Waals surface area contributed by atoms with E-state index in [0.717, 1.165) is 0 Å². The quantitative estimate of drug-likeness (QED) is 0.613. The summed E-state index contributed by atoms with van der Waals surface area (Å²) in [6.45, 7) is 0.940. The predicted octanol–water partition coefficient (Wildman–Crippen LogP) is 4.60. The van der Waals surface area contributed by atoms with Gasteiger partial charge in [-0.1, -0.05) is 46.4 Å². The van der Waals surface area contributed by atoms with Crippen molar-refractivity contribution in [1.82, 2.24) is 5.32 Å². The summed E-state index contributed by atoms with van der Waals surface area (Å²) in [5.74, 6) is -1.96. The van der Waals surface area contributed by atoms with E-state index in [4.69, 9.17) is 51.1 Å². The van der Waals surface area contributed by atoms with Crippen molar-refractivity contribution in [3.05, 3.63) is 62.1 Å². The van der Waals surface area contributed by atoms with Gasteiger partial charge in [0.2, 0.25) is 0 Å². The Morgan fingerprint density at radius 2 is 1.61 bits per heavy atom. The summed E-state index contributed by atoms with van der Waals surface area (Å²) in [5.41, 5.74) is 0.513. The third-order valence-electron chi connectivity index (χ3n) is 3.38. The molecule has 0 saturated carbocycles. The van der Waals surface area contributed by atoms with Crippen LogP contribution in [0.4, 0.5) is 5.69 Å². The number of halogens is 4. The molecule has 2 amide bonds. The molecule has 2 aromatic rings. The Morgan fingerprint density at radius 1 is 0.964 bits per heavy atom. The van der Waals surface area contributed by atoms with Gasteiger partial charge >= 0.3 is 5.97 Å². The Balaban J connectivity index is 1.86. The summed E-state index contributed by atoms with van der Waals surface area (Å²) in [5, 5.41) is 6.10. The van der Waals surface area contributed by atoms with Crippen molar-refractivity contribution >= 4 is 69.9 Å². The SMILES string of the molecule is C[C@H](OC(=O)CNC(=O)c1ccc(Cl)cc1Cl)C(=O)Nc1cc(Cl)cc(Cl)c1. The molecule has 2 rings (SSSR count). The number of rotatable bonds is 6. The number of benzene rings is 2. The van der Waals surface area contributed by atoms with E-state index < -0.39 is 30.4 Å². The fourth-order valence-electron chi connectivity index (χ4n) is 2.08. The van der Waals surface area contributed by atoms with E-state index in [1.807, 2.05) is 0 Å². The van der Waals surface area contributed by atoms with Crippen LogP contribution in [0, 0.1) is 0 Å². The number of anilines is 1. The molecule has 6 nitrogen and oxygen atoms in total. The van der Waals surface area contributed by atoms with Gasteiger partial charge in [0, 0.05) is 20.8 Å². The van der Waals surface area contributed by atoms with Crippen LogP contribution in [0.25, 0.3) is 0 Å². The fourth-order valence-corrected chi connectivity index (χ4v) is 3.10. The van der Waals surface area contributed by atoms with E-state index in [0.29, 0.717) is 20.8 Å². The second kappa shape index (κ2) is 9.98. The average Bonchev–Trinajstić information content (AvgIpc) is 2.58. The van der Waals surface area contributed by atoms with Crippen molar-refractivity contribution in [3.8, 4) is 0 Å². The van der Waals surface area contributed by atoms with E-state index in [9.17, 15) is 14.4 Å². The van der Waals surface area contributed by atoms with Gasteiger partial charge in [0.1, 0.15) is 6.54 Å². The van der Waals surface area contributed by atoms with Crippen LogP contribution in [0.15, 0.2) is 36.4 Å². The molecule has 0 heterocycles. The summed E-state index contributed by atoms with van der Waals surface area (Å²) < 4.78 is 4.99. The lowest BCUT2D eigenvalue weighted by Crippen LogP contribution is -2.35. The molecule has 0 radical (unpaired) electrons. The van der Waals surface area contributed by atoms with Crippen molar-refractivity contribution in [2.75, 3.05) is 11.9 Å². The normalized spacial score (nSPS) is 11.5. The van der Waals surface area contributed by atoms with Crippen LogP contribution in [0.3, 0.4) is 0 Å². The van der Waals surface area contributed by atoms with Crippen LogP contribution >= 0.6 is 46.4 Å². The Kier molecular flexibility index (Phi) is 7.95. The highest BCUT2D eigenvalue weighted by atomic mass is 35.5. The van der Waals surface area contributed by atoms with Crippen LogP contribution in [0.2, 0.25) is 20.1 Å². The Labute approximate surface area is 181 Å². The number of carbonyl (C=O) groups is 3. The minimum absolute atomic E-state index is 0.145. The second-order valence-corrected chi connectivity index (χ2v) is 7.30. The smallest absolute Gasteiger partial charge is 0.326 e. The molecule has 0 bridgehead atoms. The monoisotopic (exact) mass is 462 g/mol. The van der Waals surface area contributed by atoms with Gasteiger partial charge in [0.15, 0.2) is 6.10 Å². The number of hydrogen-bond donors (Lipinski definition) is 2. The van der Waals surface area contributed by atoms with Gasteiger partial charge in [-0.25, -0.2) is 0 Å². The van der Waals surface area contributed by atoms with E-state index >= 15 is 0 Å². The first kappa shape index (κ1) is 22.3. The number of ether oxygens (including phenoxy) is 1. The molecular formula is C18H14Cl4N2O4. The Morgan fingerprint density at radius 3 is 2.21 bits per heavy atom. The van der Waals surface area contributed by atoms with E-state index in [1.54, 1.807) is 0 Å². The number of hydrogen-bond acceptors (Lipinski definition) is 4. The minimum atomic E-state index is -1.11. The minimum Gasteiger partial charge on any atom is -0.451 e. The largest absolute Gasteiger partial charge is 0.451 e. The zero-order valence-corrected chi connectivity index (χ0v) is 17.4. The number of amides is 2. The van der Waals surface area contributed by atoms with E-state index in [1.165, 1.54) is 43.3 Å². The molecule has 28 heavy (non-hydrogen) atoms. The van der Waals surface area contributed by atoms with E-state index in [2.05, 4.69) is 10.6 Å². The molecule has 0 unspecified atom stereocenters. The number of carbonyl (C=O) groups excluding carboxylic acids is 3. The first-order chi connectivity index (χ1) is 13.2. The van der Waals surface area contributed by atoms with Crippen molar-refractivity contribution in [3.63, 3.8) is 0 Å². The Hall–Kier alpha value is -1.99.